The van der Waals surface area contributed by atoms with Gasteiger partial charge in [0, 0.05) is 0 Å². The Bertz CT molecular complexity index is 449. The number of aliphatic hydroxyl groups excluding tert-OH is 2. The molecule has 2 atom stereocenters. The molecular formula is C13H12O3. The summed E-state index contributed by atoms with van der Waals surface area (Å²) in [6, 6.07) is 3.20. The van der Waals surface area contributed by atoms with Crippen LogP contribution in [0.15, 0.2) is 35.0 Å². The molecule has 0 bridgehead atoms. The van der Waals surface area contributed by atoms with Gasteiger partial charge in [0.2, 0.25) is 0 Å². The summed E-state index contributed by atoms with van der Waals surface area (Å²) < 4.78 is 4.94. The summed E-state index contributed by atoms with van der Waals surface area (Å²) >= 11 is 0. The van der Waals surface area contributed by atoms with Gasteiger partial charge in [-0.25, -0.2) is 0 Å². The lowest BCUT2D eigenvalue weighted by Crippen LogP contribution is -2.15. The van der Waals surface area contributed by atoms with Crippen LogP contribution >= 0.6 is 0 Å². The molecule has 0 radical (unpaired) electrons. The van der Waals surface area contributed by atoms with Crippen molar-refractivity contribution < 1.29 is 14.6 Å². The number of hydrogen-bond acceptors (Lipinski definition) is 3. The van der Waals surface area contributed by atoms with Crippen LogP contribution in [0.5, 0.6) is 0 Å². The van der Waals surface area contributed by atoms with Crippen LogP contribution in [0.2, 0.25) is 0 Å². The van der Waals surface area contributed by atoms with Crippen molar-refractivity contribution in [2.24, 2.45) is 0 Å². The smallest absolute Gasteiger partial charge is 0.149 e. The number of rotatable bonds is 2. The molecule has 3 heteroatoms. The van der Waals surface area contributed by atoms with Gasteiger partial charge in [-0.3, -0.25) is 0 Å². The summed E-state index contributed by atoms with van der Waals surface area (Å²) in [5.74, 6) is 10.3. The predicted molar refractivity (Wildman–Crippen MR) is 60.0 cm³/mol. The maximum Gasteiger partial charge on any atom is 0.149 e. The molecule has 2 unspecified atom stereocenters. The largest absolute Gasteiger partial charge is 0.466 e. The lowest BCUT2D eigenvalue weighted by molar-refractivity contribution is 0.0388. The highest BCUT2D eigenvalue weighted by Gasteiger charge is 2.18. The molecule has 0 saturated carbocycles. The fourth-order valence-corrected chi connectivity index (χ4v) is 0.965. The zero-order chi connectivity index (χ0) is 11.8. The summed E-state index contributed by atoms with van der Waals surface area (Å²) in [5.41, 5.74) is 0. The Kier molecular flexibility index (Phi) is 4.95. The van der Waals surface area contributed by atoms with Gasteiger partial charge in [-0.15, -0.1) is 0 Å². The minimum absolute atomic E-state index is 0.281. The Morgan fingerprint density at radius 2 is 2.19 bits per heavy atom. The first-order valence-corrected chi connectivity index (χ1v) is 4.77. The Hall–Kier alpha value is -1.94. The first kappa shape index (κ1) is 12.1. The third-order valence-electron chi connectivity index (χ3n) is 1.74. The number of furan rings is 1. The second-order valence-electron chi connectivity index (χ2n) is 2.94. The third-order valence-corrected chi connectivity index (χ3v) is 1.74. The van der Waals surface area contributed by atoms with Crippen molar-refractivity contribution in [2.45, 2.75) is 19.1 Å². The minimum Gasteiger partial charge on any atom is -0.466 e. The van der Waals surface area contributed by atoms with Crippen LogP contribution in [-0.4, -0.2) is 16.3 Å². The lowest BCUT2D eigenvalue weighted by Gasteiger charge is -2.08. The van der Waals surface area contributed by atoms with Crippen molar-refractivity contribution in [2.75, 3.05) is 0 Å². The summed E-state index contributed by atoms with van der Waals surface area (Å²) in [5, 5.41) is 19.0. The van der Waals surface area contributed by atoms with E-state index >= 15 is 0 Å². The Morgan fingerprint density at radius 1 is 1.38 bits per heavy atom. The van der Waals surface area contributed by atoms with E-state index in [1.165, 1.54) is 6.26 Å². The maximum absolute atomic E-state index is 9.57. The van der Waals surface area contributed by atoms with E-state index in [9.17, 15) is 10.2 Å². The minimum atomic E-state index is -1.20. The molecule has 16 heavy (non-hydrogen) atoms. The van der Waals surface area contributed by atoms with Crippen LogP contribution in [0.1, 0.15) is 18.8 Å². The summed E-state index contributed by atoms with van der Waals surface area (Å²) in [6.07, 6.45) is 2.49. The molecule has 82 valence electrons. The van der Waals surface area contributed by atoms with Crippen molar-refractivity contribution >= 4 is 0 Å². The average Bonchev–Trinajstić information content (AvgIpc) is 2.81. The second kappa shape index (κ2) is 6.53. The molecule has 1 aromatic heterocycles. The first-order chi connectivity index (χ1) is 7.75. The molecule has 1 aromatic rings. The SMILES string of the molecule is C/C=C/C#CC#CC(O)C(O)c1ccco1. The topological polar surface area (TPSA) is 53.6 Å². The lowest BCUT2D eigenvalue weighted by atomic mass is 10.1. The van der Waals surface area contributed by atoms with Crippen molar-refractivity contribution in [1.82, 2.24) is 0 Å². The highest BCUT2D eigenvalue weighted by atomic mass is 16.4. The quantitative estimate of drug-likeness (QED) is 0.732. The predicted octanol–water partition coefficient (Wildman–Crippen LogP) is 1.26. The van der Waals surface area contributed by atoms with E-state index in [2.05, 4.69) is 23.7 Å². The van der Waals surface area contributed by atoms with Crippen molar-refractivity contribution in [3.05, 3.63) is 36.3 Å². The molecule has 2 N–H and O–H groups in total. The molecule has 0 aliphatic heterocycles. The molecule has 1 heterocycles. The zero-order valence-electron chi connectivity index (χ0n) is 8.84. The number of allylic oxidation sites excluding steroid dienone is 2. The van der Waals surface area contributed by atoms with E-state index in [0.29, 0.717) is 0 Å². The summed E-state index contributed by atoms with van der Waals surface area (Å²) in [7, 11) is 0. The van der Waals surface area contributed by atoms with Gasteiger partial charge < -0.3 is 14.6 Å². The zero-order valence-corrected chi connectivity index (χ0v) is 8.84. The average molecular weight is 216 g/mol. The van der Waals surface area contributed by atoms with Gasteiger partial charge in [-0.05, 0) is 37.0 Å². The molecule has 3 nitrogen and oxygen atoms in total. The van der Waals surface area contributed by atoms with Crippen LogP contribution in [-0.2, 0) is 0 Å². The normalized spacial score (nSPS) is 13.4. The van der Waals surface area contributed by atoms with Crippen LogP contribution in [0, 0.1) is 23.7 Å². The van der Waals surface area contributed by atoms with Crippen molar-refractivity contribution in [3.63, 3.8) is 0 Å². The van der Waals surface area contributed by atoms with E-state index in [4.69, 9.17) is 4.42 Å². The van der Waals surface area contributed by atoms with E-state index in [0.717, 1.165) is 0 Å². The van der Waals surface area contributed by atoms with E-state index in [-0.39, 0.29) is 5.76 Å². The van der Waals surface area contributed by atoms with Crippen molar-refractivity contribution in [3.8, 4) is 23.7 Å². The fourth-order valence-electron chi connectivity index (χ4n) is 0.965. The van der Waals surface area contributed by atoms with Crippen LogP contribution < -0.4 is 0 Å². The first-order valence-electron chi connectivity index (χ1n) is 4.77. The molecule has 0 spiro atoms. The van der Waals surface area contributed by atoms with E-state index < -0.39 is 12.2 Å². The molecule has 0 fully saturated rings. The third kappa shape index (κ3) is 3.67. The molecule has 0 aliphatic rings. The van der Waals surface area contributed by atoms with Crippen molar-refractivity contribution in [1.29, 1.82) is 0 Å². The maximum atomic E-state index is 9.57. The van der Waals surface area contributed by atoms with E-state index in [1.807, 2.05) is 6.92 Å². The van der Waals surface area contributed by atoms with Crippen LogP contribution in [0.25, 0.3) is 0 Å². The van der Waals surface area contributed by atoms with Gasteiger partial charge >= 0.3 is 0 Å². The Morgan fingerprint density at radius 3 is 2.81 bits per heavy atom. The van der Waals surface area contributed by atoms with Gasteiger partial charge in [0.05, 0.1) is 6.26 Å². The molecule has 1 rings (SSSR count). The monoisotopic (exact) mass is 216 g/mol. The highest BCUT2D eigenvalue weighted by molar-refractivity contribution is 5.32. The Balaban J connectivity index is 2.59. The molecule has 0 amide bonds. The standard InChI is InChI=1S/C13H12O3/c1-2-3-4-5-6-8-11(14)13(15)12-9-7-10-16-12/h2-3,7,9-11,13-15H,1H3/b3-2+. The summed E-state index contributed by atoms with van der Waals surface area (Å²) in [4.78, 5) is 0. The fraction of sp³-hybridized carbons (Fsp3) is 0.231. The van der Waals surface area contributed by atoms with Crippen LogP contribution in [0.3, 0.4) is 0 Å². The molecule has 0 saturated heterocycles. The van der Waals surface area contributed by atoms with Gasteiger partial charge in [0.25, 0.3) is 0 Å². The molecule has 0 aromatic carbocycles. The van der Waals surface area contributed by atoms with Gasteiger partial charge in [0.15, 0.2) is 0 Å². The van der Waals surface area contributed by atoms with Gasteiger partial charge in [0.1, 0.15) is 18.0 Å². The van der Waals surface area contributed by atoms with Crippen LogP contribution in [0.4, 0.5) is 0 Å². The highest BCUT2D eigenvalue weighted by Crippen LogP contribution is 2.16. The Labute approximate surface area is 94.4 Å². The molecule has 0 aliphatic carbocycles. The number of aliphatic hydroxyl groups is 2. The summed E-state index contributed by atoms with van der Waals surface area (Å²) in [6.45, 7) is 1.84. The molecular weight excluding hydrogens is 204 g/mol. The number of hydrogen-bond donors (Lipinski definition) is 2. The van der Waals surface area contributed by atoms with Gasteiger partial charge in [-0.1, -0.05) is 17.9 Å². The second-order valence-corrected chi connectivity index (χ2v) is 2.94. The van der Waals surface area contributed by atoms with E-state index in [1.54, 1.807) is 24.3 Å². The van der Waals surface area contributed by atoms with Gasteiger partial charge in [-0.2, -0.15) is 0 Å².